The Balaban J connectivity index is 1.45. The van der Waals surface area contributed by atoms with Crippen molar-refractivity contribution >= 4 is 17.2 Å². The summed E-state index contributed by atoms with van der Waals surface area (Å²) in [5.74, 6) is 0.392. The lowest BCUT2D eigenvalue weighted by Crippen LogP contribution is -2.36. The number of pyridine rings is 3. The third-order valence-corrected chi connectivity index (χ3v) is 6.86. The molecule has 0 aromatic carbocycles. The number of amides is 1. The largest absolute Gasteiger partial charge is 0.378 e. The molecule has 0 bridgehead atoms. The number of ether oxygens (including phenoxy) is 1. The maximum Gasteiger partial charge on any atom is 0.257 e. The van der Waals surface area contributed by atoms with Gasteiger partial charge in [-0.2, -0.15) is 5.10 Å². The summed E-state index contributed by atoms with van der Waals surface area (Å²) in [7, 11) is 0. The molecule has 2 fully saturated rings. The predicted octanol–water partition coefficient (Wildman–Crippen LogP) is 4.06. The van der Waals surface area contributed by atoms with E-state index in [1.807, 2.05) is 39.7 Å². The molecule has 4 aromatic heterocycles. The molecule has 4 aromatic rings. The van der Waals surface area contributed by atoms with Gasteiger partial charge in [0.1, 0.15) is 11.6 Å². The van der Waals surface area contributed by atoms with Gasteiger partial charge in [0.2, 0.25) is 0 Å². The van der Waals surface area contributed by atoms with E-state index in [0.29, 0.717) is 30.0 Å². The number of hydrogen-bond acceptors (Lipinski definition) is 6. The first-order valence-corrected chi connectivity index (χ1v) is 12.4. The van der Waals surface area contributed by atoms with E-state index in [4.69, 9.17) is 9.72 Å². The Hall–Kier alpha value is -3.85. The molecule has 6 rings (SSSR count). The lowest BCUT2D eigenvalue weighted by Gasteiger charge is -2.28. The molecule has 0 atom stereocenters. The summed E-state index contributed by atoms with van der Waals surface area (Å²) in [5.41, 5.74) is 4.29. The van der Waals surface area contributed by atoms with Gasteiger partial charge in [0.15, 0.2) is 0 Å². The van der Waals surface area contributed by atoms with Crippen molar-refractivity contribution in [3.8, 4) is 22.5 Å². The first-order chi connectivity index (χ1) is 17.7. The van der Waals surface area contributed by atoms with Crippen LogP contribution in [0.25, 0.3) is 28.0 Å². The van der Waals surface area contributed by atoms with Crippen LogP contribution in [0.3, 0.4) is 0 Å². The van der Waals surface area contributed by atoms with Gasteiger partial charge in [0.05, 0.1) is 48.1 Å². The van der Waals surface area contributed by atoms with E-state index < -0.39 is 5.82 Å². The Kier molecular flexibility index (Phi) is 6.06. The van der Waals surface area contributed by atoms with Gasteiger partial charge in [0, 0.05) is 43.5 Å². The van der Waals surface area contributed by atoms with Gasteiger partial charge < -0.3 is 14.5 Å². The SMILES string of the molecule is O=C(c1cnn2c(-c3cc(-c4cncc(F)c4)nc(N4CCOCC4)c3)cccc12)N1CCCCC1. The van der Waals surface area contributed by atoms with Crippen LogP contribution < -0.4 is 4.90 Å². The predicted molar refractivity (Wildman–Crippen MR) is 134 cm³/mol. The summed E-state index contributed by atoms with van der Waals surface area (Å²) in [4.78, 5) is 26.2. The summed E-state index contributed by atoms with van der Waals surface area (Å²) in [6, 6.07) is 11.2. The molecule has 36 heavy (non-hydrogen) atoms. The van der Waals surface area contributed by atoms with Crippen LogP contribution in [-0.4, -0.2) is 69.8 Å². The molecule has 1 amide bonds. The van der Waals surface area contributed by atoms with Gasteiger partial charge in [-0.25, -0.2) is 13.9 Å². The number of morpholine rings is 1. The number of likely N-dealkylation sites (tertiary alicyclic amines) is 1. The standard InChI is InChI=1S/C27H27FN6O2/c28-21-13-20(16-29-17-21)23-14-19(15-26(31-23)32-9-11-36-12-10-32)24-5-4-6-25-22(18-30-34(24)25)27(35)33-7-2-1-3-8-33/h4-6,13-18H,1-3,7-12H2. The van der Waals surface area contributed by atoms with E-state index in [9.17, 15) is 9.18 Å². The second kappa shape index (κ2) is 9.66. The van der Waals surface area contributed by atoms with Gasteiger partial charge in [-0.15, -0.1) is 0 Å². The normalized spacial score (nSPS) is 16.5. The Morgan fingerprint density at radius 2 is 1.75 bits per heavy atom. The number of hydrogen-bond donors (Lipinski definition) is 0. The maximum absolute atomic E-state index is 14.0. The second-order valence-corrected chi connectivity index (χ2v) is 9.21. The molecule has 0 aliphatic carbocycles. The first kappa shape index (κ1) is 22.6. The molecule has 0 saturated carbocycles. The molecule has 8 nitrogen and oxygen atoms in total. The molecule has 2 aliphatic rings. The highest BCUT2D eigenvalue weighted by atomic mass is 19.1. The highest BCUT2D eigenvalue weighted by Crippen LogP contribution is 2.31. The molecule has 0 N–H and O–H groups in total. The minimum atomic E-state index is -0.414. The van der Waals surface area contributed by atoms with E-state index >= 15 is 0 Å². The number of fused-ring (bicyclic) bond motifs is 1. The van der Waals surface area contributed by atoms with Crippen LogP contribution in [-0.2, 0) is 4.74 Å². The molecule has 0 unspecified atom stereocenters. The number of carbonyl (C=O) groups excluding carboxylic acids is 1. The Morgan fingerprint density at radius 3 is 2.56 bits per heavy atom. The maximum atomic E-state index is 14.0. The summed E-state index contributed by atoms with van der Waals surface area (Å²) in [6.45, 7) is 4.26. The highest BCUT2D eigenvalue weighted by Gasteiger charge is 2.23. The van der Waals surface area contributed by atoms with Crippen molar-refractivity contribution in [3.63, 3.8) is 0 Å². The van der Waals surface area contributed by atoms with E-state index in [2.05, 4.69) is 15.0 Å². The lowest BCUT2D eigenvalue weighted by molar-refractivity contribution is 0.0726. The third-order valence-electron chi connectivity index (χ3n) is 6.86. The fourth-order valence-corrected chi connectivity index (χ4v) is 4.98. The zero-order valence-electron chi connectivity index (χ0n) is 19.9. The van der Waals surface area contributed by atoms with E-state index in [-0.39, 0.29) is 5.91 Å². The number of anilines is 1. The van der Waals surface area contributed by atoms with Crippen LogP contribution in [0.1, 0.15) is 29.6 Å². The average molecular weight is 487 g/mol. The van der Waals surface area contributed by atoms with Crippen molar-refractivity contribution in [2.24, 2.45) is 0 Å². The van der Waals surface area contributed by atoms with Crippen LogP contribution in [0.4, 0.5) is 10.2 Å². The highest BCUT2D eigenvalue weighted by molar-refractivity contribution is 6.01. The summed E-state index contributed by atoms with van der Waals surface area (Å²) in [6.07, 6.45) is 7.70. The number of nitrogens with zero attached hydrogens (tertiary/aromatic N) is 6. The average Bonchev–Trinajstić information content (AvgIpc) is 3.38. The van der Waals surface area contributed by atoms with Crippen LogP contribution in [0.5, 0.6) is 0 Å². The van der Waals surface area contributed by atoms with Gasteiger partial charge in [-0.3, -0.25) is 9.78 Å². The number of piperidine rings is 1. The zero-order valence-corrected chi connectivity index (χ0v) is 19.9. The number of rotatable bonds is 4. The number of carbonyl (C=O) groups is 1. The molecule has 184 valence electrons. The van der Waals surface area contributed by atoms with Crippen molar-refractivity contribution in [1.29, 1.82) is 0 Å². The van der Waals surface area contributed by atoms with Crippen LogP contribution in [0, 0.1) is 5.82 Å². The Bertz CT molecular complexity index is 1410. The lowest BCUT2D eigenvalue weighted by atomic mass is 10.1. The topological polar surface area (TPSA) is 75.9 Å². The molecule has 2 saturated heterocycles. The summed E-state index contributed by atoms with van der Waals surface area (Å²) in [5, 5.41) is 4.61. The van der Waals surface area contributed by atoms with Gasteiger partial charge in [0.25, 0.3) is 5.91 Å². The van der Waals surface area contributed by atoms with Crippen LogP contribution >= 0.6 is 0 Å². The number of halogens is 1. The third kappa shape index (κ3) is 4.30. The smallest absolute Gasteiger partial charge is 0.257 e. The van der Waals surface area contributed by atoms with Gasteiger partial charge in [-0.1, -0.05) is 6.07 Å². The van der Waals surface area contributed by atoms with Crippen molar-refractivity contribution in [1.82, 2.24) is 24.5 Å². The Morgan fingerprint density at radius 1 is 0.917 bits per heavy atom. The molecule has 2 aliphatic heterocycles. The first-order valence-electron chi connectivity index (χ1n) is 12.4. The minimum absolute atomic E-state index is 0.0251. The number of aromatic nitrogens is 4. The summed E-state index contributed by atoms with van der Waals surface area (Å²) >= 11 is 0. The van der Waals surface area contributed by atoms with E-state index in [1.165, 1.54) is 18.7 Å². The van der Waals surface area contributed by atoms with Crippen molar-refractivity contribution < 1.29 is 13.9 Å². The van der Waals surface area contributed by atoms with Gasteiger partial charge in [-0.05, 0) is 49.6 Å². The van der Waals surface area contributed by atoms with Crippen molar-refractivity contribution in [2.75, 3.05) is 44.3 Å². The minimum Gasteiger partial charge on any atom is -0.378 e. The summed E-state index contributed by atoms with van der Waals surface area (Å²) < 4.78 is 21.3. The fraction of sp³-hybridized carbons (Fsp3) is 0.333. The fourth-order valence-electron chi connectivity index (χ4n) is 4.98. The van der Waals surface area contributed by atoms with Crippen molar-refractivity contribution in [3.05, 3.63) is 66.4 Å². The monoisotopic (exact) mass is 486 g/mol. The molecule has 9 heteroatoms. The second-order valence-electron chi connectivity index (χ2n) is 9.21. The van der Waals surface area contributed by atoms with Crippen LogP contribution in [0.2, 0.25) is 0 Å². The quantitative estimate of drug-likeness (QED) is 0.433. The molecule has 0 radical (unpaired) electrons. The van der Waals surface area contributed by atoms with E-state index in [0.717, 1.165) is 61.6 Å². The van der Waals surface area contributed by atoms with Crippen LogP contribution in [0.15, 0.2) is 55.0 Å². The Labute approximate surface area is 208 Å². The molecule has 0 spiro atoms. The van der Waals surface area contributed by atoms with E-state index in [1.54, 1.807) is 12.4 Å². The van der Waals surface area contributed by atoms with Crippen molar-refractivity contribution in [2.45, 2.75) is 19.3 Å². The zero-order chi connectivity index (χ0) is 24.5. The van der Waals surface area contributed by atoms with Gasteiger partial charge >= 0.3 is 0 Å². The molecular formula is C27H27FN6O2. The molecular weight excluding hydrogens is 459 g/mol. The molecule has 6 heterocycles.